The fourth-order valence-electron chi connectivity index (χ4n) is 4.07. The molecule has 9 heteroatoms. The Morgan fingerprint density at radius 1 is 0.972 bits per heavy atom. The highest BCUT2D eigenvalue weighted by atomic mass is 16.5. The second kappa shape index (κ2) is 8.53. The van der Waals surface area contributed by atoms with Gasteiger partial charge in [0.15, 0.2) is 0 Å². The van der Waals surface area contributed by atoms with Crippen molar-refractivity contribution in [3.05, 3.63) is 79.0 Å². The molecule has 2 N–H and O–H groups in total. The highest BCUT2D eigenvalue weighted by Crippen LogP contribution is 2.31. The number of nitrogens with one attached hydrogen (secondary N) is 2. The lowest BCUT2D eigenvalue weighted by molar-refractivity contribution is 0.278. The lowest BCUT2D eigenvalue weighted by atomic mass is 10.1. The van der Waals surface area contributed by atoms with Crippen molar-refractivity contribution >= 4 is 39.8 Å². The summed E-state index contributed by atoms with van der Waals surface area (Å²) in [6, 6.07) is 16.2. The average Bonchev–Trinajstić information content (AvgIpc) is 3.46. The van der Waals surface area contributed by atoms with Gasteiger partial charge in [-0.1, -0.05) is 0 Å². The van der Waals surface area contributed by atoms with Crippen molar-refractivity contribution in [3.8, 4) is 11.5 Å². The van der Waals surface area contributed by atoms with Crippen molar-refractivity contribution in [2.45, 2.75) is 26.3 Å². The SMILES string of the molecule is Cc1cc(Nc2ncnc3ccc(NC4=NC(C)(C)CO4)cc23)ccc1Oc1ccc2nccn2c1. The minimum Gasteiger partial charge on any atom is -0.462 e. The molecule has 0 radical (unpaired) electrons. The third-order valence-electron chi connectivity index (χ3n) is 5.88. The van der Waals surface area contributed by atoms with E-state index >= 15 is 0 Å². The molecule has 3 aromatic heterocycles. The van der Waals surface area contributed by atoms with Crippen LogP contribution in [0.5, 0.6) is 11.5 Å². The summed E-state index contributed by atoms with van der Waals surface area (Å²) in [6.45, 7) is 6.64. The van der Waals surface area contributed by atoms with E-state index in [0.29, 0.717) is 18.4 Å². The van der Waals surface area contributed by atoms with Crippen LogP contribution in [0.15, 0.2) is 78.4 Å². The number of aliphatic imine (C=N–C) groups is 1. The van der Waals surface area contributed by atoms with Gasteiger partial charge in [0, 0.05) is 29.2 Å². The molecule has 0 aliphatic carbocycles. The maximum atomic E-state index is 6.12. The molecule has 0 saturated carbocycles. The van der Waals surface area contributed by atoms with Gasteiger partial charge in [0.1, 0.15) is 35.9 Å². The van der Waals surface area contributed by atoms with Crippen molar-refractivity contribution in [1.29, 1.82) is 0 Å². The van der Waals surface area contributed by atoms with Crippen LogP contribution < -0.4 is 15.4 Å². The number of imidazole rings is 1. The van der Waals surface area contributed by atoms with E-state index in [0.717, 1.165) is 45.0 Å². The van der Waals surface area contributed by atoms with Crippen LogP contribution >= 0.6 is 0 Å². The monoisotopic (exact) mass is 479 g/mol. The molecule has 0 unspecified atom stereocenters. The molecule has 4 heterocycles. The number of anilines is 3. The summed E-state index contributed by atoms with van der Waals surface area (Å²) in [5.41, 5.74) is 4.22. The molecule has 9 nitrogen and oxygen atoms in total. The van der Waals surface area contributed by atoms with E-state index < -0.39 is 0 Å². The minimum atomic E-state index is -0.227. The molecule has 5 aromatic rings. The lowest BCUT2D eigenvalue weighted by Gasteiger charge is -2.13. The number of rotatable bonds is 5. The van der Waals surface area contributed by atoms with Crippen molar-refractivity contribution < 1.29 is 9.47 Å². The Bertz CT molecular complexity index is 1620. The van der Waals surface area contributed by atoms with Crippen LogP contribution in [-0.2, 0) is 4.74 Å². The van der Waals surface area contributed by atoms with E-state index in [1.54, 1.807) is 12.5 Å². The van der Waals surface area contributed by atoms with Crippen LogP contribution in [0.4, 0.5) is 17.2 Å². The molecule has 0 fully saturated rings. The Kier molecular flexibility index (Phi) is 5.18. The molecule has 36 heavy (non-hydrogen) atoms. The molecule has 1 aliphatic heterocycles. The smallest absolute Gasteiger partial charge is 0.289 e. The van der Waals surface area contributed by atoms with Gasteiger partial charge in [-0.15, -0.1) is 0 Å². The summed E-state index contributed by atoms with van der Waals surface area (Å²) in [5, 5.41) is 7.56. The molecule has 0 bridgehead atoms. The van der Waals surface area contributed by atoms with Crippen LogP contribution in [-0.4, -0.2) is 37.5 Å². The highest BCUT2D eigenvalue weighted by Gasteiger charge is 2.26. The maximum Gasteiger partial charge on any atom is 0.289 e. The number of aromatic nitrogens is 4. The van der Waals surface area contributed by atoms with Gasteiger partial charge in [-0.05, 0) is 74.9 Å². The molecule has 2 aromatic carbocycles. The first kappa shape index (κ1) is 21.8. The quantitative estimate of drug-likeness (QED) is 0.334. The third-order valence-corrected chi connectivity index (χ3v) is 5.88. The minimum absolute atomic E-state index is 0.227. The standard InChI is InChI=1S/C27H25N7O2/c1-17-12-18(5-8-23(17)36-20-6-9-24-28-10-11-34(24)14-20)31-25-21-13-19(4-7-22(21)29-16-30-25)32-26-33-27(2,3)15-35-26/h4-14,16H,15H2,1-3H3,(H,32,33)(H,29,30,31). The topological polar surface area (TPSA) is 98.0 Å². The van der Waals surface area contributed by atoms with Gasteiger partial charge in [0.2, 0.25) is 0 Å². The van der Waals surface area contributed by atoms with E-state index in [9.17, 15) is 0 Å². The first-order chi connectivity index (χ1) is 17.4. The predicted octanol–water partition coefficient (Wildman–Crippen LogP) is 5.70. The van der Waals surface area contributed by atoms with E-state index in [1.165, 1.54) is 0 Å². The zero-order valence-corrected chi connectivity index (χ0v) is 20.2. The van der Waals surface area contributed by atoms with Crippen LogP contribution in [0.25, 0.3) is 16.6 Å². The largest absolute Gasteiger partial charge is 0.462 e. The van der Waals surface area contributed by atoms with Crippen LogP contribution in [0, 0.1) is 6.92 Å². The molecular formula is C27H25N7O2. The third kappa shape index (κ3) is 4.38. The fraction of sp³-hybridized carbons (Fsp3) is 0.185. The van der Waals surface area contributed by atoms with Crippen molar-refractivity contribution in [2.75, 3.05) is 17.2 Å². The number of fused-ring (bicyclic) bond motifs is 2. The molecule has 6 rings (SSSR count). The second-order valence-electron chi connectivity index (χ2n) is 9.36. The van der Waals surface area contributed by atoms with E-state index in [1.807, 2.05) is 86.1 Å². The molecular weight excluding hydrogens is 454 g/mol. The van der Waals surface area contributed by atoms with Gasteiger partial charge in [0.25, 0.3) is 6.02 Å². The number of amidine groups is 1. The maximum absolute atomic E-state index is 6.12. The molecule has 180 valence electrons. The number of pyridine rings is 1. The van der Waals surface area contributed by atoms with Gasteiger partial charge >= 0.3 is 0 Å². The molecule has 1 aliphatic rings. The summed E-state index contributed by atoms with van der Waals surface area (Å²) in [4.78, 5) is 17.7. The van der Waals surface area contributed by atoms with E-state index in [2.05, 4.69) is 30.6 Å². The number of hydrogen-bond donors (Lipinski definition) is 2. The summed E-state index contributed by atoms with van der Waals surface area (Å²) in [5.74, 6) is 2.22. The van der Waals surface area contributed by atoms with Crippen molar-refractivity contribution in [2.24, 2.45) is 4.99 Å². The first-order valence-corrected chi connectivity index (χ1v) is 11.6. The van der Waals surface area contributed by atoms with Crippen LogP contribution in [0.1, 0.15) is 19.4 Å². The van der Waals surface area contributed by atoms with Gasteiger partial charge in [0.05, 0.1) is 17.3 Å². The Balaban J connectivity index is 1.23. The Morgan fingerprint density at radius 2 is 1.83 bits per heavy atom. The van der Waals surface area contributed by atoms with Gasteiger partial charge < -0.3 is 24.5 Å². The average molecular weight is 480 g/mol. The number of aryl methyl sites for hydroxylation is 1. The lowest BCUT2D eigenvalue weighted by Crippen LogP contribution is -2.17. The summed E-state index contributed by atoms with van der Waals surface area (Å²) in [7, 11) is 0. The van der Waals surface area contributed by atoms with Crippen LogP contribution in [0.2, 0.25) is 0 Å². The zero-order valence-electron chi connectivity index (χ0n) is 20.2. The molecule has 0 saturated heterocycles. The Hall–Kier alpha value is -4.66. The van der Waals surface area contributed by atoms with Gasteiger partial charge in [-0.3, -0.25) is 0 Å². The van der Waals surface area contributed by atoms with E-state index in [-0.39, 0.29) is 5.54 Å². The van der Waals surface area contributed by atoms with Crippen LogP contribution in [0.3, 0.4) is 0 Å². The second-order valence-corrected chi connectivity index (χ2v) is 9.36. The fourth-order valence-corrected chi connectivity index (χ4v) is 4.07. The number of hydrogen-bond acceptors (Lipinski definition) is 8. The molecule has 0 atom stereocenters. The van der Waals surface area contributed by atoms with Crippen molar-refractivity contribution in [1.82, 2.24) is 19.4 Å². The summed E-state index contributed by atoms with van der Waals surface area (Å²) in [6.07, 6.45) is 7.12. The van der Waals surface area contributed by atoms with Crippen molar-refractivity contribution in [3.63, 3.8) is 0 Å². The zero-order chi connectivity index (χ0) is 24.7. The van der Waals surface area contributed by atoms with E-state index in [4.69, 9.17) is 9.47 Å². The normalized spacial score (nSPS) is 14.5. The number of ether oxygens (including phenoxy) is 2. The number of benzene rings is 2. The van der Waals surface area contributed by atoms with Gasteiger partial charge in [-0.2, -0.15) is 0 Å². The summed E-state index contributed by atoms with van der Waals surface area (Å²) < 4.78 is 13.7. The Labute approximate surface area is 207 Å². The molecule has 0 spiro atoms. The summed E-state index contributed by atoms with van der Waals surface area (Å²) >= 11 is 0. The van der Waals surface area contributed by atoms with Gasteiger partial charge in [-0.25, -0.2) is 19.9 Å². The predicted molar refractivity (Wildman–Crippen MR) is 140 cm³/mol. The Morgan fingerprint density at radius 3 is 2.67 bits per heavy atom. The highest BCUT2D eigenvalue weighted by molar-refractivity contribution is 5.97. The molecule has 0 amide bonds. The number of nitrogens with zero attached hydrogens (tertiary/aromatic N) is 5. The first-order valence-electron chi connectivity index (χ1n) is 11.6.